The fourth-order valence-corrected chi connectivity index (χ4v) is 6.25. The number of nitrogens with zero attached hydrogens (tertiary/aromatic N) is 2. The Morgan fingerprint density at radius 1 is 1.12 bits per heavy atom. The Bertz CT molecular complexity index is 1600. The second kappa shape index (κ2) is 12.4. The number of amides is 2. The van der Waals surface area contributed by atoms with Crippen molar-refractivity contribution >= 4 is 40.9 Å². The summed E-state index contributed by atoms with van der Waals surface area (Å²) in [6, 6.07) is 13.0. The van der Waals surface area contributed by atoms with Crippen LogP contribution in [-0.2, 0) is 10.2 Å². The summed E-state index contributed by atoms with van der Waals surface area (Å²) in [6.45, 7) is 5.91. The monoisotopic (exact) mass is 629 g/mol. The van der Waals surface area contributed by atoms with Gasteiger partial charge in [0.1, 0.15) is 28.4 Å². The van der Waals surface area contributed by atoms with Crippen molar-refractivity contribution in [3.05, 3.63) is 93.0 Å². The molecule has 3 atom stereocenters. The number of ether oxygens (including phenoxy) is 2. The predicted molar refractivity (Wildman–Crippen MR) is 160 cm³/mol. The second-order valence-electron chi connectivity index (χ2n) is 11.6. The van der Waals surface area contributed by atoms with Crippen LogP contribution < -0.4 is 10.1 Å². The molecule has 0 unspecified atom stereocenters. The predicted octanol–water partition coefficient (Wildman–Crippen LogP) is 8.17. The number of urea groups is 1. The fraction of sp³-hybridized carbons (Fsp3) is 0.344. The van der Waals surface area contributed by atoms with Crippen LogP contribution in [0, 0.1) is 34.3 Å². The highest BCUT2D eigenvalue weighted by atomic mass is 35.5. The number of anilines is 1. The van der Waals surface area contributed by atoms with E-state index in [-0.39, 0.29) is 50.1 Å². The van der Waals surface area contributed by atoms with Gasteiger partial charge >= 0.3 is 12.0 Å². The number of methoxy groups -OCH3 is 2. The lowest BCUT2D eigenvalue weighted by atomic mass is 9.63. The Balaban J connectivity index is 1.91. The molecule has 43 heavy (non-hydrogen) atoms. The average molecular weight is 631 g/mol. The largest absolute Gasteiger partial charge is 0.496 e. The summed E-state index contributed by atoms with van der Waals surface area (Å²) in [5.74, 6) is -2.66. The van der Waals surface area contributed by atoms with E-state index in [2.05, 4.69) is 11.4 Å². The fourth-order valence-electron chi connectivity index (χ4n) is 5.91. The molecule has 0 radical (unpaired) electrons. The number of rotatable bonds is 6. The molecule has 226 valence electrons. The van der Waals surface area contributed by atoms with Gasteiger partial charge in [-0.25, -0.2) is 18.4 Å². The summed E-state index contributed by atoms with van der Waals surface area (Å²) in [5, 5.41) is 13.7. The Hall–Kier alpha value is -3.87. The van der Waals surface area contributed by atoms with Gasteiger partial charge in [0.05, 0.1) is 31.4 Å². The number of hydrogen-bond acceptors (Lipinski definition) is 5. The van der Waals surface area contributed by atoms with Crippen LogP contribution in [0.15, 0.2) is 54.6 Å². The zero-order valence-electron chi connectivity index (χ0n) is 24.3. The standard InChI is InChI=1S/C32H31Cl2F2N3O4/c1-31(2,3)15-18-16-39(30(41)38-20-10-11-21(29(40)43-5)26(14-20)42-4)28(22-7-6-8-24(34)27(22)36)32(18,17-37)23-12-9-19(33)13-25(23)35/h6-14,18,28H,15-16H2,1-5H3,(H,38,41)/t18-,28-,32-/m1/s1. The van der Waals surface area contributed by atoms with E-state index in [1.165, 1.54) is 67.7 Å². The maximum Gasteiger partial charge on any atom is 0.341 e. The van der Waals surface area contributed by atoms with Crippen molar-refractivity contribution in [1.29, 1.82) is 5.26 Å². The second-order valence-corrected chi connectivity index (χ2v) is 12.4. The van der Waals surface area contributed by atoms with E-state index in [0.29, 0.717) is 6.42 Å². The van der Waals surface area contributed by atoms with Crippen molar-refractivity contribution in [2.45, 2.75) is 38.6 Å². The third kappa shape index (κ3) is 6.13. The van der Waals surface area contributed by atoms with Gasteiger partial charge in [0.15, 0.2) is 0 Å². The lowest BCUT2D eigenvalue weighted by Gasteiger charge is -2.38. The highest BCUT2D eigenvalue weighted by Gasteiger charge is 2.60. The molecule has 4 rings (SSSR count). The molecule has 1 N–H and O–H groups in total. The van der Waals surface area contributed by atoms with Crippen LogP contribution in [0.1, 0.15) is 54.7 Å². The molecule has 7 nitrogen and oxygen atoms in total. The van der Waals surface area contributed by atoms with Gasteiger partial charge in [-0.05, 0) is 42.2 Å². The first kappa shape index (κ1) is 32.1. The molecule has 0 bridgehead atoms. The summed E-state index contributed by atoms with van der Waals surface area (Å²) in [6.07, 6.45) is 0.396. The van der Waals surface area contributed by atoms with Crippen molar-refractivity contribution in [3.8, 4) is 11.8 Å². The molecule has 2 amide bonds. The van der Waals surface area contributed by atoms with Crippen molar-refractivity contribution < 1.29 is 27.8 Å². The van der Waals surface area contributed by atoms with Gasteiger partial charge in [0.25, 0.3) is 0 Å². The number of esters is 1. The van der Waals surface area contributed by atoms with Crippen LogP contribution in [0.5, 0.6) is 5.75 Å². The topological polar surface area (TPSA) is 91.7 Å². The highest BCUT2D eigenvalue weighted by molar-refractivity contribution is 6.31. The maximum absolute atomic E-state index is 15.8. The molecule has 0 aliphatic carbocycles. The van der Waals surface area contributed by atoms with Gasteiger partial charge in [-0.15, -0.1) is 0 Å². The minimum Gasteiger partial charge on any atom is -0.496 e. The number of carbonyl (C=O) groups excluding carboxylic acids is 2. The number of nitrogens with one attached hydrogen (secondary N) is 1. The van der Waals surface area contributed by atoms with Crippen LogP contribution in [0.3, 0.4) is 0 Å². The molecule has 11 heteroatoms. The molecular formula is C32H31Cl2F2N3O4. The number of nitriles is 1. The number of likely N-dealkylation sites (tertiary alicyclic amines) is 1. The first-order valence-corrected chi connectivity index (χ1v) is 14.2. The normalized spacial score (nSPS) is 20.0. The molecular weight excluding hydrogens is 599 g/mol. The number of hydrogen-bond donors (Lipinski definition) is 1. The van der Waals surface area contributed by atoms with Crippen LogP contribution in [0.2, 0.25) is 10.0 Å². The van der Waals surface area contributed by atoms with Gasteiger partial charge in [0, 0.05) is 40.4 Å². The molecule has 1 saturated heterocycles. The molecule has 3 aromatic rings. The van der Waals surface area contributed by atoms with Gasteiger partial charge < -0.3 is 19.7 Å². The zero-order chi connectivity index (χ0) is 31.7. The summed E-state index contributed by atoms with van der Waals surface area (Å²) in [5.41, 5.74) is -1.70. The molecule has 1 aliphatic heterocycles. The average Bonchev–Trinajstić information content (AvgIpc) is 3.26. The lowest BCUT2D eigenvalue weighted by molar-refractivity contribution is 0.0597. The van der Waals surface area contributed by atoms with Gasteiger partial charge in [-0.3, -0.25) is 0 Å². The Morgan fingerprint density at radius 3 is 2.44 bits per heavy atom. The molecule has 0 spiro atoms. The molecule has 1 aliphatic rings. The van der Waals surface area contributed by atoms with E-state index in [9.17, 15) is 14.9 Å². The van der Waals surface area contributed by atoms with E-state index in [1.54, 1.807) is 0 Å². The van der Waals surface area contributed by atoms with E-state index < -0.39 is 41.0 Å². The van der Waals surface area contributed by atoms with E-state index in [1.807, 2.05) is 20.8 Å². The van der Waals surface area contributed by atoms with E-state index in [4.69, 9.17) is 32.7 Å². The third-order valence-electron chi connectivity index (χ3n) is 7.62. The van der Waals surface area contributed by atoms with Crippen molar-refractivity contribution in [2.24, 2.45) is 11.3 Å². The Kier molecular flexibility index (Phi) is 9.24. The van der Waals surface area contributed by atoms with Crippen LogP contribution in [0.25, 0.3) is 0 Å². The summed E-state index contributed by atoms with van der Waals surface area (Å²) in [4.78, 5) is 27.5. The van der Waals surface area contributed by atoms with Crippen molar-refractivity contribution in [2.75, 3.05) is 26.1 Å². The van der Waals surface area contributed by atoms with Crippen LogP contribution in [-0.4, -0.2) is 37.7 Å². The SMILES string of the molecule is COC(=O)c1ccc(NC(=O)N2C[C@@H](CC(C)(C)C)[C@](C#N)(c3ccc(Cl)cc3F)[C@H]2c2cccc(Cl)c2F)cc1OC. The quantitative estimate of drug-likeness (QED) is 0.278. The van der Waals surface area contributed by atoms with Gasteiger partial charge in [0.2, 0.25) is 0 Å². The third-order valence-corrected chi connectivity index (χ3v) is 8.15. The number of benzene rings is 3. The lowest BCUT2D eigenvalue weighted by Crippen LogP contribution is -2.42. The first-order valence-electron chi connectivity index (χ1n) is 13.4. The smallest absolute Gasteiger partial charge is 0.341 e. The Morgan fingerprint density at radius 2 is 1.84 bits per heavy atom. The number of carbonyl (C=O) groups is 2. The summed E-state index contributed by atoms with van der Waals surface area (Å²) >= 11 is 12.3. The zero-order valence-corrected chi connectivity index (χ0v) is 25.8. The van der Waals surface area contributed by atoms with Crippen LogP contribution >= 0.6 is 23.2 Å². The molecule has 0 saturated carbocycles. The van der Waals surface area contributed by atoms with E-state index in [0.717, 1.165) is 6.07 Å². The highest BCUT2D eigenvalue weighted by Crippen LogP contribution is 2.56. The summed E-state index contributed by atoms with van der Waals surface area (Å²) < 4.78 is 41.7. The van der Waals surface area contributed by atoms with Crippen LogP contribution in [0.4, 0.5) is 19.3 Å². The van der Waals surface area contributed by atoms with Gasteiger partial charge in [-0.2, -0.15) is 5.26 Å². The molecule has 1 fully saturated rings. The molecule has 3 aromatic carbocycles. The minimum absolute atomic E-state index is 0.00238. The maximum atomic E-state index is 15.8. The van der Waals surface area contributed by atoms with Crippen molar-refractivity contribution in [1.82, 2.24) is 4.90 Å². The first-order chi connectivity index (χ1) is 20.3. The summed E-state index contributed by atoms with van der Waals surface area (Å²) in [7, 11) is 2.60. The molecule has 1 heterocycles. The minimum atomic E-state index is -1.72. The molecule has 0 aromatic heterocycles. The van der Waals surface area contributed by atoms with E-state index >= 15 is 8.78 Å². The number of halogens is 4. The van der Waals surface area contributed by atoms with Crippen molar-refractivity contribution in [3.63, 3.8) is 0 Å². The Labute approximate surface area is 259 Å². The van der Waals surface area contributed by atoms with Gasteiger partial charge in [-0.1, -0.05) is 62.2 Å².